The van der Waals surface area contributed by atoms with Gasteiger partial charge in [0.2, 0.25) is 15.9 Å². The summed E-state index contributed by atoms with van der Waals surface area (Å²) in [6, 6.07) is 7.64. The zero-order chi connectivity index (χ0) is 23.3. The molecule has 0 spiro atoms. The van der Waals surface area contributed by atoms with Gasteiger partial charge in [0.1, 0.15) is 17.5 Å². The first-order chi connectivity index (χ1) is 15.2. The third-order valence-electron chi connectivity index (χ3n) is 5.46. The van der Waals surface area contributed by atoms with Gasteiger partial charge in [-0.2, -0.15) is 0 Å². The third-order valence-corrected chi connectivity index (χ3v) is 7.61. The summed E-state index contributed by atoms with van der Waals surface area (Å²) >= 11 is 11.8. The summed E-state index contributed by atoms with van der Waals surface area (Å²) < 4.78 is 29.4. The molecule has 1 aromatic heterocycles. The van der Waals surface area contributed by atoms with Crippen LogP contribution in [0.3, 0.4) is 0 Å². The maximum Gasteiger partial charge on any atom is 0.275 e. The summed E-state index contributed by atoms with van der Waals surface area (Å²) in [5.74, 6) is -0.760. The van der Waals surface area contributed by atoms with E-state index in [2.05, 4.69) is 15.6 Å². The molecule has 0 atom stereocenters. The minimum atomic E-state index is -3.75. The minimum Gasteiger partial charge on any atom is -1.00 e. The van der Waals surface area contributed by atoms with Gasteiger partial charge in [-0.25, -0.2) is 17.7 Å². The molecule has 12 heteroatoms. The lowest BCUT2D eigenvalue weighted by Gasteiger charge is -2.27. The smallest absolute Gasteiger partial charge is 0.275 e. The largest absolute Gasteiger partial charge is 1.00 e. The number of hydrogen-bond acceptors (Lipinski definition) is 4. The van der Waals surface area contributed by atoms with E-state index < -0.39 is 15.9 Å². The Morgan fingerprint density at radius 2 is 1.79 bits per heavy atom. The molecule has 2 aromatic rings. The lowest BCUT2D eigenvalue weighted by molar-refractivity contribution is -0.671. The summed E-state index contributed by atoms with van der Waals surface area (Å²) in [6.07, 6.45) is 6.06. The number of pyridine rings is 1. The zero-order valence-corrected chi connectivity index (χ0v) is 22.3. The molecule has 1 heterocycles. The summed E-state index contributed by atoms with van der Waals surface area (Å²) in [4.78, 5) is 24.5. The van der Waals surface area contributed by atoms with Gasteiger partial charge in [-0.3, -0.25) is 20.4 Å². The Hall–Kier alpha value is -1.47. The highest BCUT2D eigenvalue weighted by atomic mass is 127. The minimum absolute atomic E-state index is 0. The molecule has 1 aliphatic carbocycles. The fraction of sp³-hybridized carbons (Fsp3) is 0.381. The summed E-state index contributed by atoms with van der Waals surface area (Å²) in [5, 5.41) is 0.427. The predicted molar refractivity (Wildman–Crippen MR) is 120 cm³/mol. The first-order valence-corrected chi connectivity index (χ1v) is 12.4. The molecular weight excluding hydrogens is 602 g/mol. The van der Waals surface area contributed by atoms with Crippen LogP contribution in [0.15, 0.2) is 47.6 Å². The number of nitrogens with one attached hydrogen (secondary N) is 3. The molecule has 180 valence electrons. The SMILES string of the molecule is C[n+]1cccc(C(=O)NNC(=O)C2CCC(CNS(=O)(=O)c3ccc(Cl)cc3Cl)CC2)c1.[I-]. The van der Waals surface area contributed by atoms with Crippen molar-refractivity contribution < 1.29 is 46.6 Å². The Morgan fingerprint density at radius 3 is 2.42 bits per heavy atom. The van der Waals surface area contributed by atoms with Crippen molar-refractivity contribution in [1.29, 1.82) is 0 Å². The topological polar surface area (TPSA) is 108 Å². The second-order valence-electron chi connectivity index (χ2n) is 7.85. The zero-order valence-electron chi connectivity index (χ0n) is 17.9. The van der Waals surface area contributed by atoms with Crippen LogP contribution in [-0.2, 0) is 21.9 Å². The van der Waals surface area contributed by atoms with Crippen molar-refractivity contribution in [2.45, 2.75) is 30.6 Å². The van der Waals surface area contributed by atoms with Gasteiger partial charge in [0, 0.05) is 23.6 Å². The number of hydrogen-bond donors (Lipinski definition) is 3. The molecule has 1 aliphatic rings. The number of benzene rings is 1. The molecule has 33 heavy (non-hydrogen) atoms. The Bertz CT molecular complexity index is 1110. The van der Waals surface area contributed by atoms with Crippen LogP contribution in [0.5, 0.6) is 0 Å². The number of sulfonamides is 1. The number of halogens is 3. The van der Waals surface area contributed by atoms with Gasteiger partial charge >= 0.3 is 0 Å². The van der Waals surface area contributed by atoms with Gasteiger partial charge in [-0.1, -0.05) is 23.2 Å². The van der Waals surface area contributed by atoms with Crippen molar-refractivity contribution in [2.24, 2.45) is 18.9 Å². The maximum atomic E-state index is 12.5. The van der Waals surface area contributed by atoms with E-state index in [0.29, 0.717) is 36.3 Å². The average molecular weight is 627 g/mol. The van der Waals surface area contributed by atoms with Crippen molar-refractivity contribution in [3.8, 4) is 0 Å². The monoisotopic (exact) mass is 626 g/mol. The van der Waals surface area contributed by atoms with Gasteiger partial charge in [0.05, 0.1) is 5.02 Å². The van der Waals surface area contributed by atoms with E-state index in [9.17, 15) is 18.0 Å². The standard InChI is InChI=1S/C21H24Cl2N4O4S.HI/c1-27-10-2-3-16(13-27)21(29)26-25-20(28)15-6-4-14(5-7-15)12-24-32(30,31)19-9-8-17(22)11-18(19)23;/h2-3,8-11,13-15,24H,4-7,12H2,1H3,(H-,25,26,28,29);1H. The van der Waals surface area contributed by atoms with Gasteiger partial charge in [-0.15, -0.1) is 0 Å². The molecule has 2 amide bonds. The van der Waals surface area contributed by atoms with Crippen LogP contribution >= 0.6 is 23.2 Å². The fourth-order valence-corrected chi connectivity index (χ4v) is 5.53. The fourth-order valence-electron chi connectivity index (χ4n) is 3.64. The van der Waals surface area contributed by atoms with Gasteiger partial charge < -0.3 is 24.0 Å². The highest BCUT2D eigenvalue weighted by molar-refractivity contribution is 7.89. The molecule has 8 nitrogen and oxygen atoms in total. The number of amides is 2. The van der Waals surface area contributed by atoms with Crippen LogP contribution in [0, 0.1) is 11.8 Å². The molecule has 1 aromatic carbocycles. The lowest BCUT2D eigenvalue weighted by atomic mass is 9.82. The molecule has 0 saturated heterocycles. The maximum absolute atomic E-state index is 12.5. The molecule has 0 aliphatic heterocycles. The van der Waals surface area contributed by atoms with Crippen LogP contribution < -0.4 is 44.1 Å². The number of aromatic nitrogens is 1. The molecule has 0 bridgehead atoms. The van der Waals surface area contributed by atoms with Gasteiger partial charge in [0.25, 0.3) is 5.91 Å². The second-order valence-corrected chi connectivity index (χ2v) is 10.4. The summed E-state index contributed by atoms with van der Waals surface area (Å²) in [6.45, 7) is 0.261. The van der Waals surface area contributed by atoms with Crippen molar-refractivity contribution in [3.63, 3.8) is 0 Å². The van der Waals surface area contributed by atoms with E-state index in [0.717, 1.165) is 0 Å². The van der Waals surface area contributed by atoms with Crippen LogP contribution in [0.25, 0.3) is 0 Å². The Kier molecular flexibility index (Phi) is 10.3. The molecule has 1 fully saturated rings. The highest BCUT2D eigenvalue weighted by Crippen LogP contribution is 2.29. The Morgan fingerprint density at radius 1 is 1.09 bits per heavy atom. The van der Waals surface area contributed by atoms with Crippen LogP contribution in [-0.4, -0.2) is 26.8 Å². The number of nitrogens with zero attached hydrogens (tertiary/aromatic N) is 1. The van der Waals surface area contributed by atoms with Crippen LogP contribution in [0.2, 0.25) is 10.0 Å². The lowest BCUT2D eigenvalue weighted by Crippen LogP contribution is -3.00. The number of carbonyl (C=O) groups excluding carboxylic acids is 2. The van der Waals surface area contributed by atoms with E-state index in [1.165, 1.54) is 18.2 Å². The molecule has 3 rings (SSSR count). The van der Waals surface area contributed by atoms with Gasteiger partial charge in [0.15, 0.2) is 12.4 Å². The van der Waals surface area contributed by atoms with Crippen molar-refractivity contribution in [3.05, 3.63) is 58.3 Å². The average Bonchev–Trinajstić information content (AvgIpc) is 2.76. The summed E-state index contributed by atoms with van der Waals surface area (Å²) in [7, 11) is -1.95. The Balaban J connectivity index is 0.00000385. The molecule has 0 radical (unpaired) electrons. The Labute approximate surface area is 220 Å². The second kappa shape index (κ2) is 12.3. The molecule has 0 unspecified atom stereocenters. The molecular formula is C21H25Cl2IN4O4S. The quantitative estimate of drug-likeness (QED) is 0.225. The normalized spacial score (nSPS) is 18.2. The van der Waals surface area contributed by atoms with E-state index >= 15 is 0 Å². The van der Waals surface area contributed by atoms with Crippen molar-refractivity contribution in [1.82, 2.24) is 15.6 Å². The number of carbonyl (C=O) groups is 2. The summed E-state index contributed by atoms with van der Waals surface area (Å²) in [5.41, 5.74) is 5.37. The van der Waals surface area contributed by atoms with Crippen LogP contribution in [0.1, 0.15) is 36.0 Å². The van der Waals surface area contributed by atoms with Crippen molar-refractivity contribution in [2.75, 3.05) is 6.54 Å². The van der Waals surface area contributed by atoms with E-state index in [-0.39, 0.29) is 58.2 Å². The number of hydrazine groups is 1. The predicted octanol–water partition coefficient (Wildman–Crippen LogP) is -0.632. The van der Waals surface area contributed by atoms with Gasteiger partial charge in [-0.05, 0) is 55.9 Å². The molecule has 3 N–H and O–H groups in total. The number of rotatable bonds is 6. The van der Waals surface area contributed by atoms with E-state index in [1.807, 2.05) is 0 Å². The highest BCUT2D eigenvalue weighted by Gasteiger charge is 2.28. The van der Waals surface area contributed by atoms with E-state index in [4.69, 9.17) is 23.2 Å². The van der Waals surface area contributed by atoms with Crippen molar-refractivity contribution >= 4 is 45.0 Å². The van der Waals surface area contributed by atoms with E-state index in [1.54, 1.807) is 36.1 Å². The first-order valence-electron chi connectivity index (χ1n) is 10.2. The third kappa shape index (κ3) is 7.78. The number of aryl methyl sites for hydroxylation is 1. The van der Waals surface area contributed by atoms with Crippen LogP contribution in [0.4, 0.5) is 0 Å². The first kappa shape index (κ1) is 27.8. The molecule has 1 saturated carbocycles.